The zero-order valence-electron chi connectivity index (χ0n) is 14.0. The Bertz CT molecular complexity index is 748. The van der Waals surface area contributed by atoms with Crippen molar-refractivity contribution in [2.75, 3.05) is 33.2 Å². The number of benzene rings is 1. The van der Waals surface area contributed by atoms with Crippen LogP contribution in [0.15, 0.2) is 29.2 Å². The molecule has 25 heavy (non-hydrogen) atoms. The van der Waals surface area contributed by atoms with Gasteiger partial charge in [-0.3, -0.25) is 15.0 Å². The molecule has 3 amide bonds. The summed E-state index contributed by atoms with van der Waals surface area (Å²) in [5.74, 6) is -1.07. The van der Waals surface area contributed by atoms with Crippen molar-refractivity contribution < 1.29 is 22.4 Å². The summed E-state index contributed by atoms with van der Waals surface area (Å²) < 4.78 is 39.6. The highest BCUT2D eigenvalue weighted by Gasteiger charge is 2.32. The Morgan fingerprint density at radius 3 is 2.40 bits per heavy atom. The fraction of sp³-hybridized carbons (Fsp3) is 0.467. The van der Waals surface area contributed by atoms with E-state index in [9.17, 15) is 22.4 Å². The highest BCUT2D eigenvalue weighted by molar-refractivity contribution is 7.89. The van der Waals surface area contributed by atoms with Gasteiger partial charge in [0.1, 0.15) is 5.82 Å². The molecular weight excluding hydrogens is 351 g/mol. The van der Waals surface area contributed by atoms with Gasteiger partial charge in [0.15, 0.2) is 0 Å². The number of nitrogens with zero attached hydrogens (tertiary/aromatic N) is 2. The van der Waals surface area contributed by atoms with Crippen molar-refractivity contribution in [3.05, 3.63) is 30.1 Å². The van der Waals surface area contributed by atoms with Crippen molar-refractivity contribution in [1.29, 1.82) is 0 Å². The predicted molar refractivity (Wildman–Crippen MR) is 88.8 cm³/mol. The van der Waals surface area contributed by atoms with Gasteiger partial charge in [0.05, 0.1) is 10.9 Å². The maximum absolute atomic E-state index is 13.3. The first-order valence-electron chi connectivity index (χ1n) is 7.78. The van der Waals surface area contributed by atoms with E-state index < -0.39 is 33.8 Å². The molecule has 1 heterocycles. The molecule has 0 spiro atoms. The first kappa shape index (κ1) is 19.3. The van der Waals surface area contributed by atoms with Crippen LogP contribution in [0.4, 0.5) is 9.18 Å². The molecule has 1 fully saturated rings. The number of imide groups is 1. The van der Waals surface area contributed by atoms with Gasteiger partial charge in [0, 0.05) is 33.2 Å². The highest BCUT2D eigenvalue weighted by Crippen LogP contribution is 2.19. The minimum absolute atomic E-state index is 0.0913. The van der Waals surface area contributed by atoms with Crippen LogP contribution in [0.1, 0.15) is 6.92 Å². The summed E-state index contributed by atoms with van der Waals surface area (Å²) in [6.07, 6.45) is 0. The molecule has 0 radical (unpaired) electrons. The Morgan fingerprint density at radius 2 is 1.84 bits per heavy atom. The number of rotatable bonds is 4. The number of hydrogen-bond donors (Lipinski definition) is 2. The Kier molecular flexibility index (Phi) is 6.09. The maximum Gasteiger partial charge on any atom is 0.321 e. The summed E-state index contributed by atoms with van der Waals surface area (Å²) >= 11 is 0. The van der Waals surface area contributed by atoms with Gasteiger partial charge < -0.3 is 5.32 Å². The maximum atomic E-state index is 13.3. The lowest BCUT2D eigenvalue weighted by Crippen LogP contribution is -2.56. The fourth-order valence-corrected chi connectivity index (χ4v) is 4.01. The van der Waals surface area contributed by atoms with Gasteiger partial charge in [-0.05, 0) is 25.1 Å². The molecule has 1 aromatic carbocycles. The largest absolute Gasteiger partial charge is 0.341 e. The number of halogens is 1. The average molecular weight is 372 g/mol. The lowest BCUT2D eigenvalue weighted by Gasteiger charge is -2.36. The van der Waals surface area contributed by atoms with E-state index in [1.165, 1.54) is 29.6 Å². The van der Waals surface area contributed by atoms with Crippen LogP contribution in [-0.4, -0.2) is 68.8 Å². The normalized spacial score (nSPS) is 17.7. The summed E-state index contributed by atoms with van der Waals surface area (Å²) in [4.78, 5) is 24.9. The van der Waals surface area contributed by atoms with Gasteiger partial charge >= 0.3 is 6.03 Å². The van der Waals surface area contributed by atoms with Crippen molar-refractivity contribution in [2.24, 2.45) is 0 Å². The van der Waals surface area contributed by atoms with Gasteiger partial charge in [-0.1, -0.05) is 6.07 Å². The second-order valence-corrected chi connectivity index (χ2v) is 7.58. The van der Waals surface area contributed by atoms with Gasteiger partial charge in [-0.25, -0.2) is 17.6 Å². The number of carbonyl (C=O) groups excluding carboxylic acids is 2. The average Bonchev–Trinajstić information content (AvgIpc) is 2.61. The highest BCUT2D eigenvalue weighted by atomic mass is 32.2. The predicted octanol–water partition coefficient (Wildman–Crippen LogP) is -0.0239. The van der Waals surface area contributed by atoms with E-state index >= 15 is 0 Å². The second-order valence-electron chi connectivity index (χ2n) is 5.64. The topological polar surface area (TPSA) is 98.8 Å². The molecule has 138 valence electrons. The Hall–Kier alpha value is -2.04. The summed E-state index contributed by atoms with van der Waals surface area (Å²) in [5.41, 5.74) is 0. The second kappa shape index (κ2) is 7.89. The number of urea groups is 1. The Morgan fingerprint density at radius 1 is 1.20 bits per heavy atom. The summed E-state index contributed by atoms with van der Waals surface area (Å²) in [7, 11) is -2.37. The van der Waals surface area contributed by atoms with Gasteiger partial charge in [0.25, 0.3) is 0 Å². The van der Waals surface area contributed by atoms with Crippen molar-refractivity contribution in [1.82, 2.24) is 19.8 Å². The number of piperazine rings is 1. The molecule has 1 aromatic rings. The standard InChI is InChI=1S/C15H21FN4O4S/c1-11(14(21)18-15(22)17-2)19-6-8-20(9-7-19)25(23,24)13-5-3-4-12(16)10-13/h3-5,10-11H,6-9H2,1-2H3,(H2,17,18,21,22)/t11-/m1/s1. The molecular formula is C15H21FN4O4S. The summed E-state index contributed by atoms with van der Waals surface area (Å²) in [5, 5.41) is 4.49. The number of hydrogen-bond acceptors (Lipinski definition) is 5. The molecule has 0 saturated carbocycles. The van der Waals surface area contributed by atoms with E-state index in [1.807, 2.05) is 0 Å². The molecule has 1 atom stereocenters. The molecule has 1 aliphatic rings. The van der Waals surface area contributed by atoms with Crippen LogP contribution in [0, 0.1) is 5.82 Å². The van der Waals surface area contributed by atoms with E-state index in [-0.39, 0.29) is 18.0 Å². The minimum Gasteiger partial charge on any atom is -0.341 e. The van der Waals surface area contributed by atoms with Crippen LogP contribution in [0.25, 0.3) is 0 Å². The smallest absolute Gasteiger partial charge is 0.321 e. The molecule has 2 rings (SSSR count). The number of nitrogens with one attached hydrogen (secondary N) is 2. The van der Waals surface area contributed by atoms with E-state index in [0.717, 1.165) is 6.07 Å². The third-order valence-corrected chi connectivity index (χ3v) is 5.99. The van der Waals surface area contributed by atoms with Crippen LogP contribution in [0.2, 0.25) is 0 Å². The van der Waals surface area contributed by atoms with E-state index in [2.05, 4.69) is 10.6 Å². The van der Waals surface area contributed by atoms with Crippen LogP contribution in [0.5, 0.6) is 0 Å². The number of carbonyl (C=O) groups is 2. The van der Waals surface area contributed by atoms with E-state index in [4.69, 9.17) is 0 Å². The molecule has 0 aromatic heterocycles. The van der Waals surface area contributed by atoms with Crippen LogP contribution in [0.3, 0.4) is 0 Å². The molecule has 10 heteroatoms. The molecule has 0 aliphatic carbocycles. The van der Waals surface area contributed by atoms with Crippen LogP contribution in [-0.2, 0) is 14.8 Å². The van der Waals surface area contributed by atoms with Crippen molar-refractivity contribution in [3.63, 3.8) is 0 Å². The monoisotopic (exact) mass is 372 g/mol. The lowest BCUT2D eigenvalue weighted by atomic mass is 10.2. The van der Waals surface area contributed by atoms with Crippen molar-refractivity contribution >= 4 is 22.0 Å². The zero-order chi connectivity index (χ0) is 18.6. The molecule has 2 N–H and O–H groups in total. The van der Waals surface area contributed by atoms with Gasteiger partial charge in [0.2, 0.25) is 15.9 Å². The fourth-order valence-electron chi connectivity index (χ4n) is 2.55. The minimum atomic E-state index is -3.77. The number of amides is 3. The summed E-state index contributed by atoms with van der Waals surface area (Å²) in [6.45, 7) is 2.66. The number of sulfonamides is 1. The first-order chi connectivity index (χ1) is 11.8. The van der Waals surface area contributed by atoms with Crippen molar-refractivity contribution in [2.45, 2.75) is 17.9 Å². The van der Waals surface area contributed by atoms with Crippen LogP contribution >= 0.6 is 0 Å². The first-order valence-corrected chi connectivity index (χ1v) is 9.22. The zero-order valence-corrected chi connectivity index (χ0v) is 14.8. The third-order valence-electron chi connectivity index (χ3n) is 4.10. The van der Waals surface area contributed by atoms with Gasteiger partial charge in [-0.2, -0.15) is 4.31 Å². The lowest BCUT2D eigenvalue weighted by molar-refractivity contribution is -0.125. The Balaban J connectivity index is 1.99. The Labute approximate surface area is 146 Å². The summed E-state index contributed by atoms with van der Waals surface area (Å²) in [6, 6.07) is 3.71. The van der Waals surface area contributed by atoms with Crippen molar-refractivity contribution in [3.8, 4) is 0 Å². The molecule has 0 bridgehead atoms. The molecule has 0 unspecified atom stereocenters. The SMILES string of the molecule is CNC(=O)NC(=O)[C@@H](C)N1CCN(S(=O)(=O)c2cccc(F)c2)CC1. The molecule has 1 aliphatic heterocycles. The molecule has 1 saturated heterocycles. The van der Waals surface area contributed by atoms with E-state index in [1.54, 1.807) is 11.8 Å². The van der Waals surface area contributed by atoms with Crippen LogP contribution < -0.4 is 10.6 Å². The third kappa shape index (κ3) is 4.53. The van der Waals surface area contributed by atoms with Gasteiger partial charge in [-0.15, -0.1) is 0 Å². The molecule has 8 nitrogen and oxygen atoms in total. The quantitative estimate of drug-likeness (QED) is 0.774. The van der Waals surface area contributed by atoms with E-state index in [0.29, 0.717) is 13.1 Å².